The first-order valence-electron chi connectivity index (χ1n) is 7.86. The summed E-state index contributed by atoms with van der Waals surface area (Å²) in [6.45, 7) is 0. The lowest BCUT2D eigenvalue weighted by Crippen LogP contribution is -2.48. The number of phenolic OH excluding ortho intramolecular Hbond substituents is 1. The highest BCUT2D eigenvalue weighted by molar-refractivity contribution is 6.22. The molecule has 0 radical (unpaired) electrons. The molecule has 1 unspecified atom stereocenters. The molecule has 3 rings (SSSR count). The molecule has 1 aliphatic heterocycles. The van der Waals surface area contributed by atoms with Crippen LogP contribution in [0.15, 0.2) is 48.5 Å². The lowest BCUT2D eigenvalue weighted by Gasteiger charge is -2.16. The SMILES string of the molecule is COc1ccc(N2C(=O)CC(NNC(=O)c3ccccc3O)C2=O)cc1. The predicted molar refractivity (Wildman–Crippen MR) is 92.6 cm³/mol. The van der Waals surface area contributed by atoms with Gasteiger partial charge >= 0.3 is 0 Å². The van der Waals surface area contributed by atoms with Gasteiger partial charge in [0.2, 0.25) is 5.91 Å². The van der Waals surface area contributed by atoms with Crippen molar-refractivity contribution in [2.45, 2.75) is 12.5 Å². The van der Waals surface area contributed by atoms with E-state index in [1.54, 1.807) is 36.4 Å². The molecule has 2 aromatic carbocycles. The fraction of sp³-hybridized carbons (Fsp3) is 0.167. The number of hydrogen-bond acceptors (Lipinski definition) is 6. The van der Waals surface area contributed by atoms with Crippen molar-refractivity contribution in [2.24, 2.45) is 0 Å². The van der Waals surface area contributed by atoms with Gasteiger partial charge in [0.25, 0.3) is 11.8 Å². The van der Waals surface area contributed by atoms with Gasteiger partial charge in [-0.3, -0.25) is 19.8 Å². The maximum atomic E-state index is 12.5. The van der Waals surface area contributed by atoms with Gasteiger partial charge in [0.05, 0.1) is 24.8 Å². The molecule has 2 aromatic rings. The number of para-hydroxylation sites is 1. The van der Waals surface area contributed by atoms with E-state index in [2.05, 4.69) is 10.9 Å². The smallest absolute Gasteiger partial charge is 0.269 e. The van der Waals surface area contributed by atoms with E-state index in [1.165, 1.54) is 19.2 Å². The largest absolute Gasteiger partial charge is 0.507 e. The van der Waals surface area contributed by atoms with E-state index in [0.29, 0.717) is 11.4 Å². The summed E-state index contributed by atoms with van der Waals surface area (Å²) in [7, 11) is 1.52. The molecule has 134 valence electrons. The zero-order valence-electron chi connectivity index (χ0n) is 13.9. The Kier molecular flexibility index (Phi) is 4.85. The van der Waals surface area contributed by atoms with Crippen LogP contribution in [0.1, 0.15) is 16.8 Å². The number of imide groups is 1. The molecule has 0 aromatic heterocycles. The number of anilines is 1. The molecule has 8 heteroatoms. The topological polar surface area (TPSA) is 108 Å². The maximum Gasteiger partial charge on any atom is 0.269 e. The third-order valence-electron chi connectivity index (χ3n) is 3.99. The molecule has 1 fully saturated rings. The maximum absolute atomic E-state index is 12.5. The van der Waals surface area contributed by atoms with Crippen LogP contribution in [0, 0.1) is 0 Å². The lowest BCUT2D eigenvalue weighted by atomic mass is 10.2. The summed E-state index contributed by atoms with van der Waals surface area (Å²) in [4.78, 5) is 37.8. The van der Waals surface area contributed by atoms with Crippen molar-refractivity contribution in [3.05, 3.63) is 54.1 Å². The fourth-order valence-corrected chi connectivity index (χ4v) is 2.63. The van der Waals surface area contributed by atoms with Crippen LogP contribution >= 0.6 is 0 Å². The van der Waals surface area contributed by atoms with Crippen molar-refractivity contribution < 1.29 is 24.2 Å². The van der Waals surface area contributed by atoms with E-state index in [4.69, 9.17) is 4.74 Å². The second kappa shape index (κ2) is 7.24. The van der Waals surface area contributed by atoms with Crippen LogP contribution in [0.2, 0.25) is 0 Å². The number of aromatic hydroxyl groups is 1. The van der Waals surface area contributed by atoms with E-state index in [0.717, 1.165) is 4.90 Å². The zero-order chi connectivity index (χ0) is 18.7. The van der Waals surface area contributed by atoms with Crippen LogP contribution in [-0.4, -0.2) is 36.0 Å². The minimum absolute atomic E-state index is 0.0591. The molecule has 0 saturated carbocycles. The number of amides is 3. The minimum Gasteiger partial charge on any atom is -0.507 e. The van der Waals surface area contributed by atoms with E-state index in [9.17, 15) is 19.5 Å². The zero-order valence-corrected chi connectivity index (χ0v) is 13.9. The Labute approximate surface area is 149 Å². The lowest BCUT2D eigenvalue weighted by molar-refractivity contribution is -0.121. The van der Waals surface area contributed by atoms with Gasteiger partial charge in [-0.15, -0.1) is 0 Å². The van der Waals surface area contributed by atoms with Gasteiger partial charge in [-0.25, -0.2) is 10.3 Å². The van der Waals surface area contributed by atoms with Gasteiger partial charge in [0, 0.05) is 0 Å². The molecular weight excluding hydrogens is 338 g/mol. The standard InChI is InChI=1S/C18H17N3O5/c1-26-12-8-6-11(7-9-12)21-16(23)10-14(18(21)25)19-20-17(24)13-4-2-3-5-15(13)22/h2-9,14,19,22H,10H2,1H3,(H,20,24). The average Bonchev–Trinajstić information content (AvgIpc) is 2.93. The van der Waals surface area contributed by atoms with Gasteiger partial charge in [-0.05, 0) is 36.4 Å². The first-order chi connectivity index (χ1) is 12.5. The van der Waals surface area contributed by atoms with E-state index in [-0.39, 0.29) is 23.6 Å². The molecule has 1 heterocycles. The number of hydrogen-bond donors (Lipinski definition) is 3. The molecule has 1 atom stereocenters. The fourth-order valence-electron chi connectivity index (χ4n) is 2.63. The number of rotatable bonds is 5. The van der Waals surface area contributed by atoms with E-state index in [1.807, 2.05) is 0 Å². The van der Waals surface area contributed by atoms with Crippen LogP contribution < -0.4 is 20.5 Å². The summed E-state index contributed by atoms with van der Waals surface area (Å²) < 4.78 is 5.05. The van der Waals surface area contributed by atoms with Crippen LogP contribution in [0.5, 0.6) is 11.5 Å². The average molecular weight is 355 g/mol. The molecular formula is C18H17N3O5. The summed E-state index contributed by atoms with van der Waals surface area (Å²) >= 11 is 0. The Hall–Kier alpha value is -3.39. The Balaban J connectivity index is 1.67. The van der Waals surface area contributed by atoms with E-state index >= 15 is 0 Å². The van der Waals surface area contributed by atoms with Gasteiger partial charge in [-0.2, -0.15) is 0 Å². The van der Waals surface area contributed by atoms with Crippen LogP contribution in [0.4, 0.5) is 5.69 Å². The van der Waals surface area contributed by atoms with Crippen molar-refractivity contribution >= 4 is 23.4 Å². The Bertz CT molecular complexity index is 850. The van der Waals surface area contributed by atoms with Crippen LogP contribution in [-0.2, 0) is 9.59 Å². The molecule has 8 nitrogen and oxygen atoms in total. The monoisotopic (exact) mass is 355 g/mol. The molecule has 3 amide bonds. The van der Waals surface area contributed by atoms with Gasteiger partial charge < -0.3 is 9.84 Å². The Morgan fingerprint density at radius 1 is 1.15 bits per heavy atom. The number of phenols is 1. The van der Waals surface area contributed by atoms with Crippen molar-refractivity contribution in [2.75, 3.05) is 12.0 Å². The first kappa shape index (κ1) is 17.4. The molecule has 0 bridgehead atoms. The molecule has 0 spiro atoms. The van der Waals surface area contributed by atoms with Crippen molar-refractivity contribution in [1.29, 1.82) is 0 Å². The Morgan fingerprint density at radius 3 is 2.50 bits per heavy atom. The van der Waals surface area contributed by atoms with Gasteiger partial charge in [-0.1, -0.05) is 12.1 Å². The van der Waals surface area contributed by atoms with Gasteiger partial charge in [0.1, 0.15) is 17.5 Å². The summed E-state index contributed by atoms with van der Waals surface area (Å²) in [5.41, 5.74) is 5.40. The van der Waals surface area contributed by atoms with Crippen LogP contribution in [0.3, 0.4) is 0 Å². The molecule has 0 aliphatic carbocycles. The second-order valence-electron chi connectivity index (χ2n) is 5.64. The quantitative estimate of drug-likeness (QED) is 0.545. The summed E-state index contributed by atoms with van der Waals surface area (Å²) in [6.07, 6.45) is -0.0914. The third-order valence-corrected chi connectivity index (χ3v) is 3.99. The predicted octanol–water partition coefficient (Wildman–Crippen LogP) is 0.967. The third kappa shape index (κ3) is 3.35. The summed E-state index contributed by atoms with van der Waals surface area (Å²) in [5.74, 6) is -1.03. The number of carbonyl (C=O) groups is 3. The van der Waals surface area contributed by atoms with Crippen LogP contribution in [0.25, 0.3) is 0 Å². The number of hydrazine groups is 1. The molecule has 26 heavy (non-hydrogen) atoms. The Morgan fingerprint density at radius 2 is 1.85 bits per heavy atom. The molecule has 1 saturated heterocycles. The number of ether oxygens (including phenoxy) is 1. The highest BCUT2D eigenvalue weighted by Crippen LogP contribution is 2.25. The van der Waals surface area contributed by atoms with Crippen molar-refractivity contribution in [3.8, 4) is 11.5 Å². The van der Waals surface area contributed by atoms with Crippen molar-refractivity contribution in [3.63, 3.8) is 0 Å². The molecule has 1 aliphatic rings. The van der Waals surface area contributed by atoms with E-state index < -0.39 is 17.9 Å². The van der Waals surface area contributed by atoms with Gasteiger partial charge in [0.15, 0.2) is 0 Å². The second-order valence-corrected chi connectivity index (χ2v) is 5.64. The first-order valence-corrected chi connectivity index (χ1v) is 7.86. The summed E-state index contributed by atoms with van der Waals surface area (Å²) in [5, 5.41) is 9.67. The highest BCUT2D eigenvalue weighted by atomic mass is 16.5. The van der Waals surface area contributed by atoms with Crippen molar-refractivity contribution in [1.82, 2.24) is 10.9 Å². The normalized spacial score (nSPS) is 16.7. The number of nitrogens with one attached hydrogen (secondary N) is 2. The highest BCUT2D eigenvalue weighted by Gasteiger charge is 2.39. The number of methoxy groups -OCH3 is 1. The number of benzene rings is 2. The number of carbonyl (C=O) groups excluding carboxylic acids is 3. The number of nitrogens with zero attached hydrogens (tertiary/aromatic N) is 1. The summed E-state index contributed by atoms with van der Waals surface area (Å²) in [6, 6.07) is 11.6. The molecule has 3 N–H and O–H groups in total. The minimum atomic E-state index is -0.889.